The maximum absolute atomic E-state index is 13.1. The first kappa shape index (κ1) is 19.2. The van der Waals surface area contributed by atoms with Crippen LogP contribution in [0.25, 0.3) is 5.76 Å². The van der Waals surface area contributed by atoms with E-state index >= 15 is 0 Å². The van der Waals surface area contributed by atoms with E-state index in [-0.39, 0.29) is 16.5 Å². The number of anilines is 1. The van der Waals surface area contributed by atoms with E-state index in [1.807, 2.05) is 0 Å². The van der Waals surface area contributed by atoms with E-state index in [0.717, 1.165) is 0 Å². The number of aromatic nitrogens is 3. The average molecular weight is 436 g/mol. The molecule has 1 saturated heterocycles. The normalized spacial score (nSPS) is 19.6. The molecule has 0 bridgehead atoms. The fourth-order valence-corrected chi connectivity index (χ4v) is 4.33. The third-order valence-electron chi connectivity index (χ3n) is 4.98. The molecule has 1 atom stereocenters. The van der Waals surface area contributed by atoms with Crippen molar-refractivity contribution in [2.24, 2.45) is 0 Å². The van der Waals surface area contributed by atoms with Crippen molar-refractivity contribution in [2.75, 3.05) is 18.1 Å². The fourth-order valence-electron chi connectivity index (χ4n) is 3.61. The molecule has 1 aromatic carbocycles. The van der Waals surface area contributed by atoms with E-state index in [1.54, 1.807) is 49.6 Å². The van der Waals surface area contributed by atoms with Gasteiger partial charge in [0.25, 0.3) is 5.78 Å². The van der Waals surface area contributed by atoms with Gasteiger partial charge in [0.05, 0.1) is 11.6 Å². The number of pyridine rings is 1. The third kappa shape index (κ3) is 3.21. The lowest BCUT2D eigenvalue weighted by Gasteiger charge is -2.22. The van der Waals surface area contributed by atoms with Crippen molar-refractivity contribution in [2.45, 2.75) is 13.0 Å². The summed E-state index contributed by atoms with van der Waals surface area (Å²) < 4.78 is 11.1. The standard InChI is InChI=1S/C21H16N4O5S/c1-11-23-24-21(31-11)25-17(13-3-2-6-22-10-13)16(19(27)20(25)28)18(26)12-4-5-14-15(9-12)30-8-7-29-14/h2-6,9-10,17,26H,7-8H2,1H3. The van der Waals surface area contributed by atoms with Crippen molar-refractivity contribution >= 4 is 33.9 Å². The summed E-state index contributed by atoms with van der Waals surface area (Å²) in [7, 11) is 0. The summed E-state index contributed by atoms with van der Waals surface area (Å²) in [6, 6.07) is 7.41. The van der Waals surface area contributed by atoms with Gasteiger partial charge in [-0.1, -0.05) is 17.4 Å². The second-order valence-corrected chi connectivity index (χ2v) is 8.08. The molecule has 156 valence electrons. The molecule has 0 radical (unpaired) electrons. The van der Waals surface area contributed by atoms with Crippen LogP contribution >= 0.6 is 11.3 Å². The van der Waals surface area contributed by atoms with Crippen molar-refractivity contribution in [1.82, 2.24) is 15.2 Å². The highest BCUT2D eigenvalue weighted by Crippen LogP contribution is 2.43. The number of amides is 1. The van der Waals surface area contributed by atoms with Crippen LogP contribution in [0, 0.1) is 6.92 Å². The minimum atomic E-state index is -0.894. The number of carbonyl (C=O) groups excluding carboxylic acids is 2. The second kappa shape index (κ2) is 7.47. The lowest BCUT2D eigenvalue weighted by molar-refractivity contribution is -0.132. The van der Waals surface area contributed by atoms with Gasteiger partial charge in [-0.25, -0.2) is 0 Å². The van der Waals surface area contributed by atoms with Crippen molar-refractivity contribution in [3.8, 4) is 11.5 Å². The zero-order valence-electron chi connectivity index (χ0n) is 16.3. The average Bonchev–Trinajstić information content (AvgIpc) is 3.34. The van der Waals surface area contributed by atoms with Crippen LogP contribution in [-0.2, 0) is 9.59 Å². The lowest BCUT2D eigenvalue weighted by atomic mass is 9.96. The Morgan fingerprint density at radius 2 is 1.97 bits per heavy atom. The molecule has 1 N–H and O–H groups in total. The van der Waals surface area contributed by atoms with Gasteiger partial charge in [-0.15, -0.1) is 10.2 Å². The highest BCUT2D eigenvalue weighted by molar-refractivity contribution is 7.15. The molecule has 10 heteroatoms. The van der Waals surface area contributed by atoms with Crippen LogP contribution in [0.1, 0.15) is 22.2 Å². The molecule has 3 aromatic rings. The minimum absolute atomic E-state index is 0.0532. The van der Waals surface area contributed by atoms with Crippen molar-refractivity contribution in [1.29, 1.82) is 0 Å². The molecule has 5 rings (SSSR count). The van der Waals surface area contributed by atoms with Gasteiger partial charge in [-0.2, -0.15) is 0 Å². The van der Waals surface area contributed by atoms with Gasteiger partial charge in [-0.05, 0) is 36.8 Å². The Bertz CT molecular complexity index is 1220. The van der Waals surface area contributed by atoms with Gasteiger partial charge in [0.15, 0.2) is 11.5 Å². The summed E-state index contributed by atoms with van der Waals surface area (Å²) in [5.74, 6) is -0.898. The summed E-state index contributed by atoms with van der Waals surface area (Å²) >= 11 is 1.19. The minimum Gasteiger partial charge on any atom is -0.507 e. The van der Waals surface area contributed by atoms with E-state index < -0.39 is 17.7 Å². The maximum atomic E-state index is 13.1. The molecular weight excluding hydrogens is 420 g/mol. The van der Waals surface area contributed by atoms with Gasteiger partial charge in [-0.3, -0.25) is 19.5 Å². The molecular formula is C21H16N4O5S. The van der Waals surface area contributed by atoms with E-state index in [4.69, 9.17) is 9.47 Å². The zero-order chi connectivity index (χ0) is 21.5. The van der Waals surface area contributed by atoms with Crippen molar-refractivity contribution in [3.63, 3.8) is 0 Å². The number of nitrogens with zero attached hydrogens (tertiary/aromatic N) is 4. The molecule has 31 heavy (non-hydrogen) atoms. The Hall–Kier alpha value is -3.79. The Kier molecular flexibility index (Phi) is 4.63. The number of aryl methyl sites for hydroxylation is 1. The van der Waals surface area contributed by atoms with Gasteiger partial charge in [0.2, 0.25) is 5.13 Å². The number of ketones is 1. The van der Waals surface area contributed by atoms with E-state index in [0.29, 0.717) is 40.8 Å². The first-order valence-electron chi connectivity index (χ1n) is 9.45. The van der Waals surface area contributed by atoms with Crippen molar-refractivity contribution in [3.05, 3.63) is 64.4 Å². The van der Waals surface area contributed by atoms with E-state index in [2.05, 4.69) is 15.2 Å². The smallest absolute Gasteiger partial charge is 0.301 e. The van der Waals surface area contributed by atoms with Crippen LogP contribution in [0.2, 0.25) is 0 Å². The predicted molar refractivity (Wildman–Crippen MR) is 111 cm³/mol. The first-order valence-corrected chi connectivity index (χ1v) is 10.3. The Morgan fingerprint density at radius 3 is 2.68 bits per heavy atom. The van der Waals surface area contributed by atoms with Crippen LogP contribution in [-0.4, -0.2) is 45.2 Å². The highest BCUT2D eigenvalue weighted by atomic mass is 32.1. The van der Waals surface area contributed by atoms with Crippen LogP contribution in [0.5, 0.6) is 11.5 Å². The molecule has 1 fully saturated rings. The number of carbonyl (C=O) groups is 2. The van der Waals surface area contributed by atoms with Crippen LogP contribution in [0.3, 0.4) is 0 Å². The van der Waals surface area contributed by atoms with Crippen LogP contribution in [0.4, 0.5) is 5.13 Å². The molecule has 1 unspecified atom stereocenters. The largest absolute Gasteiger partial charge is 0.507 e. The zero-order valence-corrected chi connectivity index (χ0v) is 17.1. The fraction of sp³-hybridized carbons (Fsp3) is 0.190. The monoisotopic (exact) mass is 436 g/mol. The number of hydrogen-bond donors (Lipinski definition) is 1. The molecule has 9 nitrogen and oxygen atoms in total. The summed E-state index contributed by atoms with van der Waals surface area (Å²) in [4.78, 5) is 31.4. The molecule has 2 aliphatic heterocycles. The Morgan fingerprint density at radius 1 is 1.16 bits per heavy atom. The number of hydrogen-bond acceptors (Lipinski definition) is 9. The highest BCUT2D eigenvalue weighted by Gasteiger charge is 2.48. The van der Waals surface area contributed by atoms with E-state index in [9.17, 15) is 14.7 Å². The number of benzene rings is 1. The molecule has 1 amide bonds. The summed E-state index contributed by atoms with van der Waals surface area (Å²) in [5, 5.41) is 20.1. The quantitative estimate of drug-likeness (QED) is 0.379. The molecule has 2 aliphatic rings. The van der Waals surface area contributed by atoms with Crippen LogP contribution < -0.4 is 14.4 Å². The molecule has 0 saturated carbocycles. The number of rotatable bonds is 3. The summed E-state index contributed by atoms with van der Waals surface area (Å²) in [6.07, 6.45) is 3.14. The summed E-state index contributed by atoms with van der Waals surface area (Å²) in [5.41, 5.74) is 0.848. The molecule has 4 heterocycles. The molecule has 2 aromatic heterocycles. The SMILES string of the molecule is Cc1nnc(N2C(=O)C(=O)C(=C(O)c3ccc4c(c3)OCCO4)C2c2cccnc2)s1. The molecule has 0 aliphatic carbocycles. The van der Waals surface area contributed by atoms with Crippen LogP contribution in [0.15, 0.2) is 48.3 Å². The number of fused-ring (bicyclic) bond motifs is 1. The second-order valence-electron chi connectivity index (χ2n) is 6.92. The van der Waals surface area contributed by atoms with Gasteiger partial charge in [0.1, 0.15) is 24.0 Å². The maximum Gasteiger partial charge on any atom is 0.301 e. The number of aliphatic hydroxyl groups is 1. The Labute approximate surface area is 180 Å². The van der Waals surface area contributed by atoms with E-state index in [1.165, 1.54) is 16.2 Å². The first-order chi connectivity index (χ1) is 15.0. The van der Waals surface area contributed by atoms with Crippen molar-refractivity contribution < 1.29 is 24.2 Å². The van der Waals surface area contributed by atoms with Gasteiger partial charge in [0, 0.05) is 18.0 Å². The van der Waals surface area contributed by atoms with Gasteiger partial charge < -0.3 is 14.6 Å². The number of ether oxygens (including phenoxy) is 2. The number of Topliss-reactive ketones (excluding diaryl/α,β-unsaturated/α-hetero) is 1. The summed E-state index contributed by atoms with van der Waals surface area (Å²) in [6.45, 7) is 2.57. The lowest BCUT2D eigenvalue weighted by Crippen LogP contribution is -2.29. The molecule has 0 spiro atoms. The van der Waals surface area contributed by atoms with Gasteiger partial charge >= 0.3 is 5.91 Å². The Balaban J connectivity index is 1.68. The predicted octanol–water partition coefficient (Wildman–Crippen LogP) is 2.64. The topological polar surface area (TPSA) is 115 Å². The third-order valence-corrected chi connectivity index (χ3v) is 5.82. The number of aliphatic hydroxyl groups excluding tert-OH is 1.